The zero-order valence-corrected chi connectivity index (χ0v) is 12.2. The van der Waals surface area contributed by atoms with Crippen molar-refractivity contribution in [2.24, 2.45) is 5.73 Å². The van der Waals surface area contributed by atoms with Crippen LogP contribution in [0.5, 0.6) is 0 Å². The van der Waals surface area contributed by atoms with Crippen LogP contribution in [0.3, 0.4) is 0 Å². The molecular weight excluding hydrogens is 264 g/mol. The van der Waals surface area contributed by atoms with Crippen molar-refractivity contribution in [2.45, 2.75) is 26.3 Å². The van der Waals surface area contributed by atoms with Gasteiger partial charge in [0.15, 0.2) is 5.69 Å². The van der Waals surface area contributed by atoms with Crippen molar-refractivity contribution in [3.63, 3.8) is 0 Å². The first-order chi connectivity index (χ1) is 10.2. The van der Waals surface area contributed by atoms with Gasteiger partial charge in [0.2, 0.25) is 0 Å². The van der Waals surface area contributed by atoms with E-state index in [-0.39, 0.29) is 0 Å². The fraction of sp³-hybridized carbons (Fsp3) is 0.375. The number of hydrogen-bond donors (Lipinski definition) is 1. The Morgan fingerprint density at radius 2 is 2.10 bits per heavy atom. The average molecular weight is 284 g/mol. The molecule has 0 bridgehead atoms. The molecule has 5 nitrogen and oxygen atoms in total. The first kappa shape index (κ1) is 13.8. The van der Waals surface area contributed by atoms with Crippen LogP contribution in [-0.2, 0) is 13.0 Å². The van der Waals surface area contributed by atoms with Gasteiger partial charge in [-0.15, -0.1) is 0 Å². The van der Waals surface area contributed by atoms with Crippen molar-refractivity contribution in [3.8, 4) is 5.69 Å². The first-order valence-corrected chi connectivity index (χ1v) is 7.39. The number of nitrogens with zero attached hydrogens (tertiary/aromatic N) is 3. The molecular formula is C16H20N4O. The largest absolute Gasteiger partial charge is 0.364 e. The number of para-hydroxylation sites is 1. The van der Waals surface area contributed by atoms with Crippen molar-refractivity contribution < 1.29 is 4.79 Å². The van der Waals surface area contributed by atoms with Crippen LogP contribution in [0.2, 0.25) is 0 Å². The molecule has 1 aromatic heterocycles. The van der Waals surface area contributed by atoms with Crippen LogP contribution in [0.4, 0.5) is 0 Å². The van der Waals surface area contributed by atoms with Crippen LogP contribution in [0.25, 0.3) is 5.69 Å². The molecule has 0 aliphatic carbocycles. The molecule has 1 aromatic carbocycles. The van der Waals surface area contributed by atoms with Crippen LogP contribution in [-0.4, -0.2) is 33.7 Å². The monoisotopic (exact) mass is 284 g/mol. The molecule has 2 heterocycles. The fourth-order valence-corrected chi connectivity index (χ4v) is 2.96. The van der Waals surface area contributed by atoms with Gasteiger partial charge < -0.3 is 5.73 Å². The Bertz CT molecular complexity index is 648. The molecule has 0 fully saturated rings. The smallest absolute Gasteiger partial charge is 0.269 e. The zero-order chi connectivity index (χ0) is 14.8. The summed E-state index contributed by atoms with van der Waals surface area (Å²) in [6, 6.07) is 9.91. The molecule has 3 rings (SSSR count). The Balaban J connectivity index is 2.05. The maximum atomic E-state index is 11.7. The summed E-state index contributed by atoms with van der Waals surface area (Å²) in [5.41, 5.74) is 9.01. The minimum Gasteiger partial charge on any atom is -0.364 e. The molecule has 5 heteroatoms. The number of carbonyl (C=O) groups excluding carboxylic acids is 1. The molecule has 21 heavy (non-hydrogen) atoms. The van der Waals surface area contributed by atoms with Gasteiger partial charge in [-0.25, -0.2) is 4.68 Å². The van der Waals surface area contributed by atoms with E-state index in [2.05, 4.69) is 16.9 Å². The second-order valence-electron chi connectivity index (χ2n) is 5.41. The van der Waals surface area contributed by atoms with E-state index in [0.717, 1.165) is 49.4 Å². The first-order valence-electron chi connectivity index (χ1n) is 7.39. The predicted molar refractivity (Wildman–Crippen MR) is 81.4 cm³/mol. The molecule has 0 atom stereocenters. The van der Waals surface area contributed by atoms with Crippen LogP contribution < -0.4 is 5.73 Å². The molecule has 1 amide bonds. The third kappa shape index (κ3) is 2.56. The molecule has 0 saturated heterocycles. The second kappa shape index (κ2) is 5.69. The summed E-state index contributed by atoms with van der Waals surface area (Å²) in [6.45, 7) is 4.96. The van der Waals surface area contributed by atoms with Gasteiger partial charge in [0.05, 0.1) is 11.4 Å². The van der Waals surface area contributed by atoms with E-state index in [1.54, 1.807) is 0 Å². The zero-order valence-electron chi connectivity index (χ0n) is 12.2. The van der Waals surface area contributed by atoms with Crippen molar-refractivity contribution in [2.75, 3.05) is 13.1 Å². The van der Waals surface area contributed by atoms with E-state index in [1.807, 2.05) is 35.0 Å². The van der Waals surface area contributed by atoms with E-state index >= 15 is 0 Å². The molecule has 2 aromatic rings. The predicted octanol–water partition coefficient (Wildman–Crippen LogP) is 1.74. The van der Waals surface area contributed by atoms with Gasteiger partial charge in [-0.05, 0) is 25.1 Å². The van der Waals surface area contributed by atoms with E-state index in [0.29, 0.717) is 5.69 Å². The van der Waals surface area contributed by atoms with Gasteiger partial charge >= 0.3 is 0 Å². The van der Waals surface area contributed by atoms with Crippen LogP contribution in [0, 0.1) is 0 Å². The number of amides is 1. The summed E-state index contributed by atoms with van der Waals surface area (Å²) in [7, 11) is 0. The van der Waals surface area contributed by atoms with Crippen LogP contribution in [0.1, 0.15) is 35.1 Å². The molecule has 110 valence electrons. The van der Waals surface area contributed by atoms with Gasteiger partial charge in [-0.3, -0.25) is 9.69 Å². The van der Waals surface area contributed by atoms with Crippen molar-refractivity contribution in [1.82, 2.24) is 14.7 Å². The lowest BCUT2D eigenvalue weighted by Crippen LogP contribution is -2.32. The highest BCUT2D eigenvalue weighted by atomic mass is 16.1. The number of benzene rings is 1. The lowest BCUT2D eigenvalue weighted by molar-refractivity contribution is 0.0993. The Hall–Kier alpha value is -2.14. The summed E-state index contributed by atoms with van der Waals surface area (Å²) in [5.74, 6) is -0.445. The van der Waals surface area contributed by atoms with Gasteiger partial charge in [-0.2, -0.15) is 5.10 Å². The molecule has 2 N–H and O–H groups in total. The number of nitrogens with two attached hydrogens (primary N) is 1. The maximum Gasteiger partial charge on any atom is 0.269 e. The summed E-state index contributed by atoms with van der Waals surface area (Å²) >= 11 is 0. The lowest BCUT2D eigenvalue weighted by Gasteiger charge is -2.27. The number of rotatable bonds is 4. The minimum absolute atomic E-state index is 0.412. The lowest BCUT2D eigenvalue weighted by atomic mass is 10.0. The van der Waals surface area contributed by atoms with Crippen LogP contribution in [0.15, 0.2) is 30.3 Å². The third-order valence-electron chi connectivity index (χ3n) is 3.91. The number of aromatic nitrogens is 2. The minimum atomic E-state index is -0.445. The van der Waals surface area contributed by atoms with E-state index in [1.165, 1.54) is 0 Å². The Kier molecular flexibility index (Phi) is 3.75. The Labute approximate surface area is 124 Å². The summed E-state index contributed by atoms with van der Waals surface area (Å²) < 4.78 is 1.87. The molecule has 0 unspecified atom stereocenters. The molecule has 0 spiro atoms. The summed E-state index contributed by atoms with van der Waals surface area (Å²) in [6.07, 6.45) is 2.00. The number of carbonyl (C=O) groups is 1. The van der Waals surface area contributed by atoms with E-state index < -0.39 is 5.91 Å². The Morgan fingerprint density at radius 1 is 1.33 bits per heavy atom. The fourth-order valence-electron chi connectivity index (χ4n) is 2.96. The van der Waals surface area contributed by atoms with Crippen LogP contribution >= 0.6 is 0 Å². The Morgan fingerprint density at radius 3 is 2.76 bits per heavy atom. The number of hydrogen-bond acceptors (Lipinski definition) is 3. The molecule has 1 aliphatic rings. The quantitative estimate of drug-likeness (QED) is 0.930. The molecule has 1 aliphatic heterocycles. The topological polar surface area (TPSA) is 64.2 Å². The highest BCUT2D eigenvalue weighted by Gasteiger charge is 2.27. The van der Waals surface area contributed by atoms with E-state index in [9.17, 15) is 4.79 Å². The standard InChI is InChI=1S/C16H20N4O/c1-2-9-19-10-8-14-13(11-19)15(16(17)21)18-20(14)12-6-4-3-5-7-12/h3-7H,2,8-11H2,1H3,(H2,17,21). The van der Waals surface area contributed by atoms with Gasteiger partial charge in [-0.1, -0.05) is 25.1 Å². The highest BCUT2D eigenvalue weighted by molar-refractivity contribution is 5.92. The van der Waals surface area contributed by atoms with Crippen molar-refractivity contribution >= 4 is 5.91 Å². The van der Waals surface area contributed by atoms with Gasteiger partial charge in [0.25, 0.3) is 5.91 Å². The number of primary amides is 1. The molecule has 0 radical (unpaired) electrons. The number of fused-ring (bicyclic) bond motifs is 1. The van der Waals surface area contributed by atoms with Crippen molar-refractivity contribution in [3.05, 3.63) is 47.3 Å². The second-order valence-corrected chi connectivity index (χ2v) is 5.41. The van der Waals surface area contributed by atoms with Crippen molar-refractivity contribution in [1.29, 1.82) is 0 Å². The van der Waals surface area contributed by atoms with E-state index in [4.69, 9.17) is 5.73 Å². The summed E-state index contributed by atoms with van der Waals surface area (Å²) in [4.78, 5) is 14.1. The third-order valence-corrected chi connectivity index (χ3v) is 3.91. The molecule has 0 saturated carbocycles. The highest BCUT2D eigenvalue weighted by Crippen LogP contribution is 2.25. The maximum absolute atomic E-state index is 11.7. The average Bonchev–Trinajstić information content (AvgIpc) is 2.87. The normalized spacial score (nSPS) is 14.9. The SMILES string of the molecule is CCCN1CCc2c(c(C(N)=O)nn2-c2ccccc2)C1. The van der Waals surface area contributed by atoms with Gasteiger partial charge in [0.1, 0.15) is 0 Å². The van der Waals surface area contributed by atoms with Gasteiger partial charge in [0, 0.05) is 25.1 Å². The summed E-state index contributed by atoms with van der Waals surface area (Å²) in [5, 5.41) is 4.47.